The molecular weight excluding hydrogens is 264 g/mol. The van der Waals surface area contributed by atoms with Gasteiger partial charge in [-0.1, -0.05) is 12.1 Å². The first-order chi connectivity index (χ1) is 10.3. The number of nitrogens with zero attached hydrogens (tertiary/aromatic N) is 2. The maximum absolute atomic E-state index is 12.2. The van der Waals surface area contributed by atoms with Crippen LogP contribution in [0.3, 0.4) is 0 Å². The molecule has 0 spiro atoms. The normalized spacial score (nSPS) is 18.4. The molecule has 1 aliphatic heterocycles. The first kappa shape index (κ1) is 13.8. The van der Waals surface area contributed by atoms with Gasteiger partial charge in [-0.2, -0.15) is 5.10 Å². The van der Waals surface area contributed by atoms with E-state index in [1.165, 1.54) is 0 Å². The highest BCUT2D eigenvalue weighted by molar-refractivity contribution is 5.92. The van der Waals surface area contributed by atoms with Crippen LogP contribution in [0.25, 0.3) is 0 Å². The molecule has 1 amide bonds. The van der Waals surface area contributed by atoms with Crippen molar-refractivity contribution in [2.45, 2.75) is 19.4 Å². The lowest BCUT2D eigenvalue weighted by Crippen LogP contribution is -2.37. The fourth-order valence-corrected chi connectivity index (χ4v) is 2.65. The van der Waals surface area contributed by atoms with Gasteiger partial charge in [-0.25, -0.2) is 0 Å². The quantitative estimate of drug-likeness (QED) is 0.901. The molecule has 2 N–H and O–H groups in total. The zero-order chi connectivity index (χ0) is 14.5. The van der Waals surface area contributed by atoms with E-state index in [4.69, 9.17) is 0 Å². The van der Waals surface area contributed by atoms with Crippen molar-refractivity contribution in [3.63, 3.8) is 0 Å². The summed E-state index contributed by atoms with van der Waals surface area (Å²) in [6.07, 6.45) is 5.73. The molecule has 5 nitrogen and oxygen atoms in total. The molecule has 3 rings (SSSR count). The largest absolute Gasteiger partial charge is 0.326 e. The minimum atomic E-state index is 0.0773. The van der Waals surface area contributed by atoms with Gasteiger partial charge < -0.3 is 10.6 Å². The third-order valence-corrected chi connectivity index (χ3v) is 3.77. The van der Waals surface area contributed by atoms with Crippen molar-refractivity contribution in [2.75, 3.05) is 18.4 Å². The van der Waals surface area contributed by atoms with E-state index in [-0.39, 0.29) is 11.8 Å². The summed E-state index contributed by atoms with van der Waals surface area (Å²) in [4.78, 5) is 12.2. The maximum atomic E-state index is 12.2. The Hall–Kier alpha value is -2.14. The molecule has 0 unspecified atom stereocenters. The number of hydrogen-bond donors (Lipinski definition) is 2. The van der Waals surface area contributed by atoms with E-state index >= 15 is 0 Å². The van der Waals surface area contributed by atoms with Crippen LogP contribution in [0.5, 0.6) is 0 Å². The van der Waals surface area contributed by atoms with Gasteiger partial charge in [-0.3, -0.25) is 9.48 Å². The Morgan fingerprint density at radius 2 is 2.38 bits per heavy atom. The van der Waals surface area contributed by atoms with Crippen LogP contribution in [0.2, 0.25) is 0 Å². The Labute approximate surface area is 124 Å². The monoisotopic (exact) mass is 284 g/mol. The molecule has 1 atom stereocenters. The van der Waals surface area contributed by atoms with E-state index in [1.807, 2.05) is 41.2 Å². The Morgan fingerprint density at radius 1 is 1.43 bits per heavy atom. The zero-order valence-electron chi connectivity index (χ0n) is 12.0. The van der Waals surface area contributed by atoms with Gasteiger partial charge >= 0.3 is 0 Å². The van der Waals surface area contributed by atoms with Gasteiger partial charge in [-0.15, -0.1) is 0 Å². The van der Waals surface area contributed by atoms with E-state index in [9.17, 15) is 4.79 Å². The van der Waals surface area contributed by atoms with Gasteiger partial charge in [0.25, 0.3) is 0 Å². The fraction of sp³-hybridized carbons (Fsp3) is 0.375. The minimum Gasteiger partial charge on any atom is -0.326 e. The van der Waals surface area contributed by atoms with Crippen LogP contribution in [-0.2, 0) is 11.3 Å². The van der Waals surface area contributed by atoms with Crippen molar-refractivity contribution in [3.05, 3.63) is 48.3 Å². The average molecular weight is 284 g/mol. The number of aromatic nitrogens is 2. The highest BCUT2D eigenvalue weighted by Crippen LogP contribution is 2.16. The molecule has 1 aromatic heterocycles. The van der Waals surface area contributed by atoms with E-state index < -0.39 is 0 Å². The third-order valence-electron chi connectivity index (χ3n) is 3.77. The molecule has 21 heavy (non-hydrogen) atoms. The molecule has 110 valence electrons. The minimum absolute atomic E-state index is 0.0773. The van der Waals surface area contributed by atoms with Crippen molar-refractivity contribution in [2.24, 2.45) is 5.92 Å². The number of carbonyl (C=O) groups excluding carboxylic acids is 1. The number of amides is 1. The molecule has 0 radical (unpaired) electrons. The second-order valence-corrected chi connectivity index (χ2v) is 5.44. The number of piperidine rings is 1. The number of rotatable bonds is 4. The number of benzene rings is 1. The van der Waals surface area contributed by atoms with Crippen molar-refractivity contribution in [1.29, 1.82) is 0 Å². The summed E-state index contributed by atoms with van der Waals surface area (Å²) in [5.41, 5.74) is 1.98. The van der Waals surface area contributed by atoms with Crippen LogP contribution in [0.4, 0.5) is 5.69 Å². The van der Waals surface area contributed by atoms with Gasteiger partial charge in [-0.05, 0) is 43.1 Å². The van der Waals surface area contributed by atoms with Gasteiger partial charge in [0.1, 0.15) is 0 Å². The highest BCUT2D eigenvalue weighted by atomic mass is 16.1. The van der Waals surface area contributed by atoms with E-state index in [0.29, 0.717) is 6.54 Å². The Morgan fingerprint density at radius 3 is 3.14 bits per heavy atom. The molecule has 0 saturated carbocycles. The molecular formula is C16H20N4O. The Kier molecular flexibility index (Phi) is 4.31. The summed E-state index contributed by atoms with van der Waals surface area (Å²) in [5, 5.41) is 10.5. The fourth-order valence-electron chi connectivity index (χ4n) is 2.65. The predicted octanol–water partition coefficient (Wildman–Crippen LogP) is 1.87. The Balaban J connectivity index is 1.63. The van der Waals surface area contributed by atoms with E-state index in [2.05, 4.69) is 15.7 Å². The maximum Gasteiger partial charge on any atom is 0.228 e. The van der Waals surface area contributed by atoms with Crippen molar-refractivity contribution in [1.82, 2.24) is 15.1 Å². The summed E-state index contributed by atoms with van der Waals surface area (Å²) in [7, 11) is 0. The summed E-state index contributed by atoms with van der Waals surface area (Å²) < 4.78 is 1.87. The second kappa shape index (κ2) is 6.54. The lowest BCUT2D eigenvalue weighted by Gasteiger charge is -2.22. The topological polar surface area (TPSA) is 59.0 Å². The van der Waals surface area contributed by atoms with Crippen LogP contribution < -0.4 is 10.6 Å². The molecule has 5 heteroatoms. The second-order valence-electron chi connectivity index (χ2n) is 5.44. The lowest BCUT2D eigenvalue weighted by molar-refractivity contribution is -0.120. The van der Waals surface area contributed by atoms with Crippen molar-refractivity contribution in [3.8, 4) is 0 Å². The zero-order valence-corrected chi connectivity index (χ0v) is 12.0. The van der Waals surface area contributed by atoms with Gasteiger partial charge in [0.05, 0.1) is 12.5 Å². The summed E-state index contributed by atoms with van der Waals surface area (Å²) in [5.74, 6) is 0.187. The number of anilines is 1. The molecule has 0 aliphatic carbocycles. The number of hydrogen-bond acceptors (Lipinski definition) is 3. The standard InChI is InChI=1S/C16H20N4O/c21-16(14-5-2-7-17-11-14)19-15-6-1-4-13(10-15)12-20-9-3-8-18-20/h1,3-4,6,8-10,14,17H,2,5,7,11-12H2,(H,19,21)/t14-/m0/s1. The van der Waals surface area contributed by atoms with Crippen LogP contribution >= 0.6 is 0 Å². The molecule has 1 fully saturated rings. The van der Waals surface area contributed by atoms with Gasteiger partial charge in [0, 0.05) is 24.6 Å². The predicted molar refractivity (Wildman–Crippen MR) is 82.0 cm³/mol. The summed E-state index contributed by atoms with van der Waals surface area (Å²) in [6, 6.07) is 9.85. The third kappa shape index (κ3) is 3.70. The van der Waals surface area contributed by atoms with Crippen LogP contribution in [0.1, 0.15) is 18.4 Å². The molecule has 1 saturated heterocycles. The average Bonchev–Trinajstić information content (AvgIpc) is 3.01. The highest BCUT2D eigenvalue weighted by Gasteiger charge is 2.20. The van der Waals surface area contributed by atoms with Crippen molar-refractivity contribution < 1.29 is 4.79 Å². The van der Waals surface area contributed by atoms with Crippen LogP contribution in [0.15, 0.2) is 42.7 Å². The molecule has 0 bridgehead atoms. The van der Waals surface area contributed by atoms with Crippen LogP contribution in [0, 0.1) is 5.92 Å². The molecule has 1 aromatic carbocycles. The van der Waals surface area contributed by atoms with Gasteiger partial charge in [0.15, 0.2) is 0 Å². The van der Waals surface area contributed by atoms with Crippen LogP contribution in [-0.4, -0.2) is 28.8 Å². The number of carbonyl (C=O) groups is 1. The van der Waals surface area contributed by atoms with Gasteiger partial charge in [0.2, 0.25) is 5.91 Å². The first-order valence-electron chi connectivity index (χ1n) is 7.39. The first-order valence-corrected chi connectivity index (χ1v) is 7.39. The molecule has 1 aliphatic rings. The lowest BCUT2D eigenvalue weighted by atomic mass is 9.99. The summed E-state index contributed by atoms with van der Waals surface area (Å²) in [6.45, 7) is 2.50. The molecule has 2 heterocycles. The Bertz CT molecular complexity index is 588. The number of nitrogens with one attached hydrogen (secondary N) is 2. The van der Waals surface area contributed by atoms with Crippen molar-refractivity contribution >= 4 is 11.6 Å². The smallest absolute Gasteiger partial charge is 0.228 e. The SMILES string of the molecule is O=C(Nc1cccc(Cn2cccn2)c1)[C@H]1CCCNC1. The summed E-state index contributed by atoms with van der Waals surface area (Å²) >= 11 is 0. The van der Waals surface area contributed by atoms with E-state index in [0.717, 1.165) is 37.2 Å². The molecule has 2 aromatic rings. The van der Waals surface area contributed by atoms with E-state index in [1.54, 1.807) is 6.20 Å².